The number of nitrogens with one attached hydrogen (secondary N) is 2. The maximum atomic E-state index is 11.6. The van der Waals surface area contributed by atoms with E-state index in [0.29, 0.717) is 17.3 Å². The maximum Gasteiger partial charge on any atom is 0.344 e. The normalized spacial score (nSPS) is 19.2. The Hall–Kier alpha value is -0.750. The van der Waals surface area contributed by atoms with Crippen LogP contribution in [0.15, 0.2) is 9.95 Å². The third-order valence-electron chi connectivity index (χ3n) is 3.25. The highest BCUT2D eigenvalue weighted by molar-refractivity contribution is 7.99. The molecular formula is C11H20N4OS. The monoisotopic (exact) mass is 256 g/mol. The number of hydrogen-bond donors (Lipinski definition) is 2. The molecule has 0 radical (unpaired) electrons. The number of aromatic nitrogens is 3. The molecule has 1 aliphatic carbocycles. The van der Waals surface area contributed by atoms with Crippen LogP contribution in [0.1, 0.15) is 39.2 Å². The van der Waals surface area contributed by atoms with Crippen molar-refractivity contribution in [3.05, 3.63) is 10.5 Å². The molecule has 96 valence electrons. The highest BCUT2D eigenvalue weighted by Gasteiger charge is 2.29. The summed E-state index contributed by atoms with van der Waals surface area (Å²) in [5.41, 5.74) is -0.0697. The van der Waals surface area contributed by atoms with Gasteiger partial charge in [-0.05, 0) is 26.3 Å². The van der Waals surface area contributed by atoms with Gasteiger partial charge < -0.3 is 5.32 Å². The second kappa shape index (κ2) is 5.27. The van der Waals surface area contributed by atoms with E-state index in [1.54, 1.807) is 11.8 Å². The summed E-state index contributed by atoms with van der Waals surface area (Å²) >= 11 is 1.67. The zero-order valence-electron chi connectivity index (χ0n) is 10.6. The molecule has 2 unspecified atom stereocenters. The summed E-state index contributed by atoms with van der Waals surface area (Å²) in [4.78, 5) is 11.6. The largest absolute Gasteiger partial charge is 0.344 e. The molecule has 1 saturated carbocycles. The highest BCUT2D eigenvalue weighted by Crippen LogP contribution is 2.37. The van der Waals surface area contributed by atoms with Gasteiger partial charge in [0.05, 0.1) is 0 Å². The molecule has 2 rings (SSSR count). The minimum absolute atomic E-state index is 0.0697. The SMILES string of the molecule is CCC(NC)C(C)Sc1n[nH]c(=O)n1C1CC1. The van der Waals surface area contributed by atoms with Crippen LogP contribution in [0.2, 0.25) is 0 Å². The standard InChI is InChI=1S/C11H20N4OS/c1-4-9(12-3)7(2)17-11-14-13-10(16)15(11)8-5-6-8/h7-9,12H,4-6H2,1-3H3,(H,13,16). The van der Waals surface area contributed by atoms with Gasteiger partial charge in [-0.3, -0.25) is 4.57 Å². The van der Waals surface area contributed by atoms with E-state index in [4.69, 9.17) is 0 Å². The van der Waals surface area contributed by atoms with E-state index in [2.05, 4.69) is 29.4 Å². The van der Waals surface area contributed by atoms with Crippen molar-refractivity contribution in [2.24, 2.45) is 0 Å². The van der Waals surface area contributed by atoms with Gasteiger partial charge in [0.15, 0.2) is 5.16 Å². The molecule has 1 aromatic rings. The summed E-state index contributed by atoms with van der Waals surface area (Å²) < 4.78 is 1.81. The Balaban J connectivity index is 2.10. The average molecular weight is 256 g/mol. The topological polar surface area (TPSA) is 62.7 Å². The van der Waals surface area contributed by atoms with Crippen LogP contribution >= 0.6 is 11.8 Å². The summed E-state index contributed by atoms with van der Waals surface area (Å²) in [5.74, 6) is 0. The average Bonchev–Trinajstić information content (AvgIpc) is 3.07. The molecule has 1 fully saturated rings. The van der Waals surface area contributed by atoms with Crippen molar-refractivity contribution in [3.8, 4) is 0 Å². The summed E-state index contributed by atoms with van der Waals surface area (Å²) in [6.45, 7) is 4.34. The number of aromatic amines is 1. The molecule has 17 heavy (non-hydrogen) atoms. The first-order valence-electron chi connectivity index (χ1n) is 6.18. The first-order chi connectivity index (χ1) is 8.17. The lowest BCUT2D eigenvalue weighted by atomic mass is 10.2. The van der Waals surface area contributed by atoms with Crippen LogP contribution in [0, 0.1) is 0 Å². The smallest absolute Gasteiger partial charge is 0.316 e. The molecule has 1 heterocycles. The number of nitrogens with zero attached hydrogens (tertiary/aromatic N) is 2. The third-order valence-corrected chi connectivity index (χ3v) is 4.45. The molecule has 0 saturated heterocycles. The van der Waals surface area contributed by atoms with Crippen LogP contribution in [0.4, 0.5) is 0 Å². The summed E-state index contributed by atoms with van der Waals surface area (Å²) in [5, 5.41) is 11.2. The Morgan fingerprint density at radius 2 is 2.35 bits per heavy atom. The molecule has 2 N–H and O–H groups in total. The molecular weight excluding hydrogens is 236 g/mol. The van der Waals surface area contributed by atoms with Gasteiger partial charge in [0.2, 0.25) is 0 Å². The highest BCUT2D eigenvalue weighted by atomic mass is 32.2. The van der Waals surface area contributed by atoms with E-state index in [0.717, 1.165) is 24.4 Å². The van der Waals surface area contributed by atoms with E-state index in [1.165, 1.54) is 0 Å². The zero-order valence-corrected chi connectivity index (χ0v) is 11.4. The minimum Gasteiger partial charge on any atom is -0.316 e. The van der Waals surface area contributed by atoms with Crippen molar-refractivity contribution < 1.29 is 0 Å². The fraction of sp³-hybridized carbons (Fsp3) is 0.818. The molecule has 2 atom stereocenters. The predicted molar refractivity (Wildman–Crippen MR) is 69.6 cm³/mol. The first kappa shape index (κ1) is 12.7. The van der Waals surface area contributed by atoms with E-state index in [-0.39, 0.29) is 5.69 Å². The minimum atomic E-state index is -0.0697. The number of rotatable bonds is 6. The van der Waals surface area contributed by atoms with Crippen molar-refractivity contribution in [2.45, 2.75) is 55.6 Å². The van der Waals surface area contributed by atoms with Crippen molar-refractivity contribution in [3.63, 3.8) is 0 Å². The Morgan fingerprint density at radius 3 is 2.88 bits per heavy atom. The van der Waals surface area contributed by atoms with E-state index in [9.17, 15) is 4.79 Å². The molecule has 0 spiro atoms. The quantitative estimate of drug-likeness (QED) is 0.755. The van der Waals surface area contributed by atoms with Crippen molar-refractivity contribution in [2.75, 3.05) is 7.05 Å². The fourth-order valence-electron chi connectivity index (χ4n) is 2.05. The zero-order chi connectivity index (χ0) is 12.4. The van der Waals surface area contributed by atoms with Gasteiger partial charge in [-0.25, -0.2) is 9.89 Å². The fourth-order valence-corrected chi connectivity index (χ4v) is 3.32. The molecule has 0 aliphatic heterocycles. The molecule has 5 nitrogen and oxygen atoms in total. The maximum absolute atomic E-state index is 11.6. The Kier molecular flexibility index (Phi) is 3.93. The molecule has 0 bridgehead atoms. The van der Waals surface area contributed by atoms with Gasteiger partial charge in [-0.2, -0.15) is 0 Å². The van der Waals surface area contributed by atoms with Crippen LogP contribution < -0.4 is 11.0 Å². The van der Waals surface area contributed by atoms with Gasteiger partial charge in [0.1, 0.15) is 0 Å². The van der Waals surface area contributed by atoms with Crippen LogP contribution in [0.25, 0.3) is 0 Å². The van der Waals surface area contributed by atoms with E-state index in [1.807, 2.05) is 11.6 Å². The van der Waals surface area contributed by atoms with Crippen molar-refractivity contribution >= 4 is 11.8 Å². The lowest BCUT2D eigenvalue weighted by Crippen LogP contribution is -2.33. The second-order valence-electron chi connectivity index (χ2n) is 4.54. The van der Waals surface area contributed by atoms with Gasteiger partial charge in [-0.1, -0.05) is 25.6 Å². The van der Waals surface area contributed by atoms with E-state index >= 15 is 0 Å². The van der Waals surface area contributed by atoms with Gasteiger partial charge >= 0.3 is 5.69 Å². The van der Waals surface area contributed by atoms with Crippen LogP contribution in [-0.2, 0) is 0 Å². The molecule has 1 aliphatic rings. The van der Waals surface area contributed by atoms with Crippen molar-refractivity contribution in [1.29, 1.82) is 0 Å². The molecule has 0 amide bonds. The molecule has 0 aromatic carbocycles. The molecule has 1 aromatic heterocycles. The van der Waals surface area contributed by atoms with Gasteiger partial charge in [0.25, 0.3) is 0 Å². The van der Waals surface area contributed by atoms with Crippen LogP contribution in [0.5, 0.6) is 0 Å². The number of thioether (sulfide) groups is 1. The molecule has 6 heteroatoms. The predicted octanol–water partition coefficient (Wildman–Crippen LogP) is 1.38. The first-order valence-corrected chi connectivity index (χ1v) is 7.06. The van der Waals surface area contributed by atoms with Gasteiger partial charge in [-0.15, -0.1) is 5.10 Å². The Labute approximate surface area is 105 Å². The lowest BCUT2D eigenvalue weighted by Gasteiger charge is -2.21. The second-order valence-corrected chi connectivity index (χ2v) is 5.88. The third kappa shape index (κ3) is 2.74. The lowest BCUT2D eigenvalue weighted by molar-refractivity contribution is 0.538. The van der Waals surface area contributed by atoms with E-state index < -0.39 is 0 Å². The Morgan fingerprint density at radius 1 is 1.65 bits per heavy atom. The van der Waals surface area contributed by atoms with Crippen LogP contribution in [-0.4, -0.2) is 33.1 Å². The summed E-state index contributed by atoms with van der Waals surface area (Å²) in [7, 11) is 1.98. The summed E-state index contributed by atoms with van der Waals surface area (Å²) in [6, 6.07) is 0.824. The number of hydrogen-bond acceptors (Lipinski definition) is 4. The Bertz CT molecular complexity index is 419. The summed E-state index contributed by atoms with van der Waals surface area (Å²) in [6.07, 6.45) is 3.28. The number of H-pyrrole nitrogens is 1. The van der Waals surface area contributed by atoms with Crippen molar-refractivity contribution in [1.82, 2.24) is 20.1 Å². The van der Waals surface area contributed by atoms with Gasteiger partial charge in [0, 0.05) is 17.3 Å². The van der Waals surface area contributed by atoms with Crippen LogP contribution in [0.3, 0.4) is 0 Å².